The van der Waals surface area contributed by atoms with E-state index in [1.54, 1.807) is 20.8 Å². The third kappa shape index (κ3) is 7.33. The van der Waals surface area contributed by atoms with Crippen molar-refractivity contribution in [1.29, 1.82) is 0 Å². The van der Waals surface area contributed by atoms with Gasteiger partial charge in [-0.05, 0) is 56.7 Å². The second-order valence-corrected chi connectivity index (χ2v) is 12.1. The van der Waals surface area contributed by atoms with Gasteiger partial charge >= 0.3 is 6.09 Å². The minimum Gasteiger partial charge on any atom is -0.506 e. The lowest BCUT2D eigenvalue weighted by Gasteiger charge is -2.29. The number of rotatable bonds is 9. The van der Waals surface area contributed by atoms with Gasteiger partial charge in [-0.3, -0.25) is 4.72 Å². The van der Waals surface area contributed by atoms with E-state index in [0.717, 1.165) is 28.1 Å². The zero-order chi connectivity index (χ0) is 28.4. The number of aromatic hydroxyl groups is 1. The van der Waals surface area contributed by atoms with Crippen LogP contribution in [0.15, 0.2) is 60.7 Å². The zero-order valence-corrected chi connectivity index (χ0v) is 23.1. The number of aliphatic hydroxyl groups excluding tert-OH is 1. The number of phenolic OH excluding ortho intramolecular Hbond substituents is 1. The maximum absolute atomic E-state index is 13.0. The van der Waals surface area contributed by atoms with Gasteiger partial charge in [-0.1, -0.05) is 24.3 Å². The van der Waals surface area contributed by atoms with E-state index < -0.39 is 27.8 Å². The maximum atomic E-state index is 13.0. The first kappa shape index (κ1) is 28.1. The summed E-state index contributed by atoms with van der Waals surface area (Å²) in [5.41, 5.74) is 1.43. The Labute approximate surface area is 227 Å². The van der Waals surface area contributed by atoms with Crippen LogP contribution in [0.4, 0.5) is 10.5 Å². The normalized spacial score (nSPS) is 12.8. The van der Waals surface area contributed by atoms with Gasteiger partial charge in [0.05, 0.1) is 36.7 Å². The summed E-state index contributed by atoms with van der Waals surface area (Å²) >= 11 is 0. The van der Waals surface area contributed by atoms with Crippen molar-refractivity contribution < 1.29 is 32.9 Å². The number of carbonyl (C=O) groups is 1. The van der Waals surface area contributed by atoms with E-state index in [1.165, 1.54) is 23.1 Å². The zero-order valence-electron chi connectivity index (χ0n) is 22.3. The molecular formula is C28H33N3O7S. The molecule has 208 valence electrons. The molecule has 0 saturated heterocycles. The van der Waals surface area contributed by atoms with Crippen molar-refractivity contribution in [3.63, 3.8) is 0 Å². The highest BCUT2D eigenvalue weighted by molar-refractivity contribution is 7.92. The number of benzene rings is 3. The molecule has 1 amide bonds. The molecule has 11 heteroatoms. The summed E-state index contributed by atoms with van der Waals surface area (Å²) in [5, 5.41) is 23.1. The third-order valence-corrected chi connectivity index (χ3v) is 6.44. The lowest BCUT2D eigenvalue weighted by molar-refractivity contribution is 0.0117. The van der Waals surface area contributed by atoms with Gasteiger partial charge in [0.1, 0.15) is 23.7 Å². The number of fused-ring (bicyclic) bond motifs is 3. The fourth-order valence-corrected chi connectivity index (χ4v) is 4.70. The lowest BCUT2D eigenvalue weighted by atomic mass is 10.1. The van der Waals surface area contributed by atoms with Crippen LogP contribution < -0.4 is 9.46 Å². The molecule has 0 saturated carbocycles. The van der Waals surface area contributed by atoms with Gasteiger partial charge in [0.2, 0.25) is 10.0 Å². The van der Waals surface area contributed by atoms with Crippen molar-refractivity contribution in [3.05, 3.63) is 66.2 Å². The molecule has 3 aromatic carbocycles. The van der Waals surface area contributed by atoms with Crippen LogP contribution in [0.2, 0.25) is 0 Å². The Hall–Kier alpha value is -3.96. The SMILES string of the molecule is CC(C)(C)OC(=O)N(CCOc1ccc2c(c1)[nH]c1ccccc12)C[C@H](O)c1ccc(O)c(NS(C)(=O)=O)c1. The Morgan fingerprint density at radius 3 is 2.49 bits per heavy atom. The largest absolute Gasteiger partial charge is 0.506 e. The number of nitrogens with zero attached hydrogens (tertiary/aromatic N) is 1. The minimum absolute atomic E-state index is 0.0754. The fourth-order valence-electron chi connectivity index (χ4n) is 4.14. The average molecular weight is 556 g/mol. The Morgan fingerprint density at radius 1 is 1.05 bits per heavy atom. The van der Waals surface area contributed by atoms with E-state index in [9.17, 15) is 23.4 Å². The summed E-state index contributed by atoms with van der Waals surface area (Å²) in [7, 11) is -3.65. The predicted molar refractivity (Wildman–Crippen MR) is 151 cm³/mol. The van der Waals surface area contributed by atoms with E-state index in [4.69, 9.17) is 9.47 Å². The molecule has 4 aromatic rings. The predicted octanol–water partition coefficient (Wildman–Crippen LogP) is 4.75. The molecule has 1 aromatic heterocycles. The molecule has 0 aliphatic rings. The van der Waals surface area contributed by atoms with Crippen molar-refractivity contribution in [2.24, 2.45) is 0 Å². The second kappa shape index (κ2) is 11.0. The number of hydrogen-bond acceptors (Lipinski definition) is 7. The van der Waals surface area contributed by atoms with Gasteiger partial charge in [0.15, 0.2) is 0 Å². The number of ether oxygens (including phenoxy) is 2. The molecule has 4 rings (SSSR count). The van der Waals surface area contributed by atoms with Gasteiger partial charge in [-0.25, -0.2) is 13.2 Å². The van der Waals surface area contributed by atoms with Crippen LogP contribution >= 0.6 is 0 Å². The summed E-state index contributed by atoms with van der Waals surface area (Å²) in [6.07, 6.45) is -0.874. The summed E-state index contributed by atoms with van der Waals surface area (Å²) in [4.78, 5) is 17.6. The minimum atomic E-state index is -3.65. The number of para-hydroxylation sites is 1. The first-order chi connectivity index (χ1) is 18.3. The van der Waals surface area contributed by atoms with Crippen molar-refractivity contribution in [3.8, 4) is 11.5 Å². The maximum Gasteiger partial charge on any atom is 0.410 e. The summed E-state index contributed by atoms with van der Waals surface area (Å²) < 4.78 is 36.9. The number of sulfonamides is 1. The molecule has 1 heterocycles. The molecule has 0 spiro atoms. The van der Waals surface area contributed by atoms with Crippen LogP contribution in [0.3, 0.4) is 0 Å². The quantitative estimate of drug-likeness (QED) is 0.219. The van der Waals surface area contributed by atoms with Crippen LogP contribution in [0.25, 0.3) is 21.8 Å². The molecule has 0 bridgehead atoms. The van der Waals surface area contributed by atoms with Crippen molar-refractivity contribution in [2.75, 3.05) is 30.7 Å². The molecular weight excluding hydrogens is 522 g/mol. The molecule has 39 heavy (non-hydrogen) atoms. The molecule has 0 aliphatic carbocycles. The lowest BCUT2D eigenvalue weighted by Crippen LogP contribution is -2.41. The Balaban J connectivity index is 1.47. The van der Waals surface area contributed by atoms with E-state index in [2.05, 4.69) is 9.71 Å². The monoisotopic (exact) mass is 555 g/mol. The first-order valence-corrected chi connectivity index (χ1v) is 14.3. The first-order valence-electron chi connectivity index (χ1n) is 12.4. The van der Waals surface area contributed by atoms with Crippen LogP contribution in [-0.4, -0.2) is 66.2 Å². The number of aromatic nitrogens is 1. The smallest absolute Gasteiger partial charge is 0.410 e. The third-order valence-electron chi connectivity index (χ3n) is 5.85. The number of aliphatic hydroxyl groups is 1. The van der Waals surface area contributed by atoms with Gasteiger partial charge in [-0.15, -0.1) is 0 Å². The molecule has 0 fully saturated rings. The van der Waals surface area contributed by atoms with Crippen molar-refractivity contribution in [1.82, 2.24) is 9.88 Å². The van der Waals surface area contributed by atoms with Crippen molar-refractivity contribution in [2.45, 2.75) is 32.5 Å². The summed E-state index contributed by atoms with van der Waals surface area (Å²) in [5.74, 6) is 0.328. The van der Waals surface area contributed by atoms with E-state index in [0.29, 0.717) is 11.3 Å². The average Bonchev–Trinajstić information content (AvgIpc) is 3.20. The Kier molecular flexibility index (Phi) is 7.94. The number of carbonyl (C=O) groups excluding carboxylic acids is 1. The number of aromatic amines is 1. The van der Waals surface area contributed by atoms with Gasteiger partial charge in [-0.2, -0.15) is 0 Å². The highest BCUT2D eigenvalue weighted by atomic mass is 32.2. The van der Waals surface area contributed by atoms with E-state index in [-0.39, 0.29) is 31.1 Å². The molecule has 1 atom stereocenters. The Bertz CT molecular complexity index is 1590. The molecule has 0 radical (unpaired) electrons. The molecule has 10 nitrogen and oxygen atoms in total. The van der Waals surface area contributed by atoms with Crippen molar-refractivity contribution >= 4 is 43.6 Å². The molecule has 4 N–H and O–H groups in total. The number of hydrogen-bond donors (Lipinski definition) is 4. The highest BCUT2D eigenvalue weighted by Crippen LogP contribution is 2.30. The number of H-pyrrole nitrogens is 1. The van der Waals surface area contributed by atoms with Gasteiger partial charge in [0.25, 0.3) is 0 Å². The van der Waals surface area contributed by atoms with E-state index >= 15 is 0 Å². The number of phenols is 1. The van der Waals surface area contributed by atoms with Gasteiger partial charge in [0, 0.05) is 22.4 Å². The Morgan fingerprint density at radius 2 is 1.77 bits per heavy atom. The highest BCUT2D eigenvalue weighted by Gasteiger charge is 2.25. The standard InChI is InChI=1S/C28H33N3O7S/c1-28(2,3)38-27(34)31(17-26(33)18-9-12-25(32)24(15-18)30-39(4,35)36)13-14-37-19-10-11-21-20-7-5-6-8-22(20)29-23(21)16-19/h5-12,15-16,26,29-30,32-33H,13-14,17H2,1-4H3/t26-/m0/s1. The van der Waals surface area contributed by atoms with Crippen LogP contribution in [0.1, 0.15) is 32.4 Å². The number of anilines is 1. The fraction of sp³-hybridized carbons (Fsp3) is 0.321. The topological polar surface area (TPSA) is 141 Å². The molecule has 0 unspecified atom stereocenters. The van der Waals surface area contributed by atoms with E-state index in [1.807, 2.05) is 42.5 Å². The van der Waals surface area contributed by atoms with Crippen LogP contribution in [0, 0.1) is 0 Å². The van der Waals surface area contributed by atoms with Crippen LogP contribution in [0.5, 0.6) is 11.5 Å². The number of nitrogens with one attached hydrogen (secondary N) is 2. The molecule has 0 aliphatic heterocycles. The summed E-state index contributed by atoms with van der Waals surface area (Å²) in [6.45, 7) is 5.33. The second-order valence-electron chi connectivity index (χ2n) is 10.3. The summed E-state index contributed by atoms with van der Waals surface area (Å²) in [6, 6.07) is 17.8. The number of amides is 1. The van der Waals surface area contributed by atoms with Gasteiger partial charge < -0.3 is 29.6 Å². The van der Waals surface area contributed by atoms with Crippen LogP contribution in [-0.2, 0) is 14.8 Å².